The number of rotatable bonds is 2. The van der Waals surface area contributed by atoms with E-state index in [4.69, 9.17) is 4.42 Å². The fourth-order valence-corrected chi connectivity index (χ4v) is 2.74. The summed E-state index contributed by atoms with van der Waals surface area (Å²) >= 11 is 1.41. The first-order valence-corrected chi connectivity index (χ1v) is 6.80. The Bertz CT molecular complexity index is 732. The van der Waals surface area contributed by atoms with Crippen LogP contribution in [0.1, 0.15) is 17.1 Å². The van der Waals surface area contributed by atoms with Crippen LogP contribution in [0.15, 0.2) is 38.9 Å². The molecule has 0 atom stereocenters. The molecule has 2 aromatic heterocycles. The Kier molecular flexibility index (Phi) is 2.98. The highest BCUT2D eigenvalue weighted by atomic mass is 32.2. The Balaban J connectivity index is 2.08. The third kappa shape index (κ3) is 2.21. The second-order valence-corrected chi connectivity index (χ2v) is 5.30. The SMILES string of the molecule is Cc1nc(Sc2nnc(C)c3ccccc23)oc1C. The molecule has 0 unspecified atom stereocenters. The van der Waals surface area contributed by atoms with Gasteiger partial charge in [0.1, 0.15) is 10.8 Å². The minimum atomic E-state index is 0.610. The Morgan fingerprint density at radius 3 is 2.37 bits per heavy atom. The van der Waals surface area contributed by atoms with Crippen molar-refractivity contribution in [3.8, 4) is 0 Å². The maximum Gasteiger partial charge on any atom is 0.262 e. The van der Waals surface area contributed by atoms with E-state index in [2.05, 4.69) is 21.2 Å². The van der Waals surface area contributed by atoms with Crippen molar-refractivity contribution >= 4 is 22.5 Å². The lowest BCUT2D eigenvalue weighted by atomic mass is 10.1. The molecule has 0 saturated carbocycles. The largest absolute Gasteiger partial charge is 0.436 e. The molecule has 3 rings (SSSR count). The van der Waals surface area contributed by atoms with Crippen LogP contribution in [0, 0.1) is 20.8 Å². The zero-order valence-electron chi connectivity index (χ0n) is 11.0. The van der Waals surface area contributed by atoms with Crippen molar-refractivity contribution in [1.29, 1.82) is 0 Å². The minimum Gasteiger partial charge on any atom is -0.436 e. The number of aryl methyl sites for hydroxylation is 3. The maximum atomic E-state index is 5.58. The van der Waals surface area contributed by atoms with Gasteiger partial charge in [0.25, 0.3) is 5.22 Å². The summed E-state index contributed by atoms with van der Waals surface area (Å²) in [5.74, 6) is 0.840. The normalized spacial score (nSPS) is 11.1. The van der Waals surface area contributed by atoms with Gasteiger partial charge in [-0.2, -0.15) is 5.10 Å². The van der Waals surface area contributed by atoms with E-state index >= 15 is 0 Å². The average molecular weight is 271 g/mol. The molecule has 0 spiro atoms. The summed E-state index contributed by atoms with van der Waals surface area (Å²) in [6, 6.07) is 8.10. The van der Waals surface area contributed by atoms with Crippen LogP contribution in [0.25, 0.3) is 10.8 Å². The van der Waals surface area contributed by atoms with Crippen molar-refractivity contribution in [3.05, 3.63) is 41.4 Å². The summed E-state index contributed by atoms with van der Waals surface area (Å²) < 4.78 is 5.58. The predicted molar refractivity (Wildman–Crippen MR) is 74.4 cm³/mol. The quantitative estimate of drug-likeness (QED) is 0.711. The van der Waals surface area contributed by atoms with Gasteiger partial charge in [-0.25, -0.2) is 4.98 Å². The molecule has 0 radical (unpaired) electrons. The van der Waals surface area contributed by atoms with Gasteiger partial charge in [-0.05, 0) is 32.5 Å². The van der Waals surface area contributed by atoms with Crippen molar-refractivity contribution in [1.82, 2.24) is 15.2 Å². The van der Waals surface area contributed by atoms with Gasteiger partial charge in [0, 0.05) is 10.8 Å². The summed E-state index contributed by atoms with van der Waals surface area (Å²) in [6.07, 6.45) is 0. The van der Waals surface area contributed by atoms with Crippen LogP contribution in [0.4, 0.5) is 0 Å². The summed E-state index contributed by atoms with van der Waals surface area (Å²) in [5, 5.41) is 12.1. The molecule has 0 aliphatic heterocycles. The number of nitrogens with zero attached hydrogens (tertiary/aromatic N) is 3. The van der Waals surface area contributed by atoms with Gasteiger partial charge < -0.3 is 4.42 Å². The number of hydrogen-bond donors (Lipinski definition) is 0. The second-order valence-electron chi connectivity index (χ2n) is 4.36. The second kappa shape index (κ2) is 4.66. The van der Waals surface area contributed by atoms with E-state index < -0.39 is 0 Å². The monoisotopic (exact) mass is 271 g/mol. The molecule has 0 fully saturated rings. The Morgan fingerprint density at radius 1 is 0.947 bits per heavy atom. The van der Waals surface area contributed by atoms with Crippen LogP contribution in [0.2, 0.25) is 0 Å². The summed E-state index contributed by atoms with van der Waals surface area (Å²) in [6.45, 7) is 5.80. The molecule has 0 saturated heterocycles. The molecular weight excluding hydrogens is 258 g/mol. The topological polar surface area (TPSA) is 51.8 Å². The third-order valence-electron chi connectivity index (χ3n) is 3.03. The van der Waals surface area contributed by atoms with Crippen LogP contribution in [-0.4, -0.2) is 15.2 Å². The van der Waals surface area contributed by atoms with Gasteiger partial charge in [0.2, 0.25) is 0 Å². The average Bonchev–Trinajstić information content (AvgIpc) is 2.72. The van der Waals surface area contributed by atoms with Crippen molar-refractivity contribution in [3.63, 3.8) is 0 Å². The molecule has 5 heteroatoms. The third-order valence-corrected chi connectivity index (χ3v) is 3.88. The fourth-order valence-electron chi connectivity index (χ4n) is 1.86. The van der Waals surface area contributed by atoms with Gasteiger partial charge in [-0.3, -0.25) is 0 Å². The molecule has 2 heterocycles. The standard InChI is InChI=1S/C14H13N3OS/c1-8-10(3)18-14(15-8)19-13-12-7-5-4-6-11(12)9(2)16-17-13/h4-7H,1-3H3. The van der Waals surface area contributed by atoms with Crippen LogP contribution in [0.5, 0.6) is 0 Å². The molecule has 3 aromatic rings. The molecule has 1 aromatic carbocycles. The van der Waals surface area contributed by atoms with Crippen molar-refractivity contribution < 1.29 is 4.42 Å². The number of oxazole rings is 1. The zero-order chi connectivity index (χ0) is 13.4. The molecule has 19 heavy (non-hydrogen) atoms. The lowest BCUT2D eigenvalue weighted by Crippen LogP contribution is -1.92. The van der Waals surface area contributed by atoms with Gasteiger partial charge in [0.05, 0.1) is 11.4 Å². The summed E-state index contributed by atoms with van der Waals surface area (Å²) in [5.41, 5.74) is 1.84. The molecule has 96 valence electrons. The minimum absolute atomic E-state index is 0.610. The number of aromatic nitrogens is 3. The Morgan fingerprint density at radius 2 is 1.68 bits per heavy atom. The van der Waals surface area contributed by atoms with E-state index in [1.165, 1.54) is 11.8 Å². The lowest BCUT2D eigenvalue weighted by molar-refractivity contribution is 0.431. The number of fused-ring (bicyclic) bond motifs is 1. The van der Waals surface area contributed by atoms with Crippen LogP contribution in [0.3, 0.4) is 0 Å². The highest BCUT2D eigenvalue weighted by molar-refractivity contribution is 7.99. The number of benzene rings is 1. The van der Waals surface area contributed by atoms with Crippen molar-refractivity contribution in [2.75, 3.05) is 0 Å². The summed E-state index contributed by atoms with van der Waals surface area (Å²) in [4.78, 5) is 4.36. The predicted octanol–water partition coefficient (Wildman–Crippen LogP) is 3.69. The highest BCUT2D eigenvalue weighted by Crippen LogP contribution is 2.32. The van der Waals surface area contributed by atoms with Crippen molar-refractivity contribution in [2.45, 2.75) is 31.0 Å². The molecular formula is C14H13N3OS. The molecule has 4 nitrogen and oxygen atoms in total. The maximum absolute atomic E-state index is 5.58. The van der Waals surface area contributed by atoms with Gasteiger partial charge in [-0.1, -0.05) is 24.3 Å². The zero-order valence-corrected chi connectivity index (χ0v) is 11.8. The van der Waals surface area contributed by atoms with Crippen LogP contribution < -0.4 is 0 Å². The van der Waals surface area contributed by atoms with E-state index in [0.717, 1.165) is 32.9 Å². The summed E-state index contributed by atoms with van der Waals surface area (Å²) in [7, 11) is 0. The first-order valence-electron chi connectivity index (χ1n) is 5.99. The first-order chi connectivity index (χ1) is 9.15. The van der Waals surface area contributed by atoms with Crippen LogP contribution >= 0.6 is 11.8 Å². The smallest absolute Gasteiger partial charge is 0.262 e. The first kappa shape index (κ1) is 12.2. The lowest BCUT2D eigenvalue weighted by Gasteiger charge is -2.04. The van der Waals surface area contributed by atoms with E-state index in [0.29, 0.717) is 5.22 Å². The van der Waals surface area contributed by atoms with E-state index in [-0.39, 0.29) is 0 Å². The van der Waals surface area contributed by atoms with E-state index in [1.54, 1.807) is 0 Å². The fraction of sp³-hybridized carbons (Fsp3) is 0.214. The van der Waals surface area contributed by atoms with E-state index in [9.17, 15) is 0 Å². The Labute approximate surface area is 115 Å². The van der Waals surface area contributed by atoms with Crippen molar-refractivity contribution in [2.24, 2.45) is 0 Å². The molecule has 0 N–H and O–H groups in total. The molecule has 0 bridgehead atoms. The molecule has 0 aliphatic carbocycles. The molecule has 0 amide bonds. The van der Waals surface area contributed by atoms with Gasteiger partial charge in [0.15, 0.2) is 0 Å². The molecule has 0 aliphatic rings. The van der Waals surface area contributed by atoms with Gasteiger partial charge >= 0.3 is 0 Å². The van der Waals surface area contributed by atoms with Crippen LogP contribution in [-0.2, 0) is 0 Å². The Hall–Kier alpha value is -1.88. The number of hydrogen-bond acceptors (Lipinski definition) is 5. The van der Waals surface area contributed by atoms with Gasteiger partial charge in [-0.15, -0.1) is 5.10 Å². The highest BCUT2D eigenvalue weighted by Gasteiger charge is 2.12. The van der Waals surface area contributed by atoms with E-state index in [1.807, 2.05) is 39.0 Å².